The van der Waals surface area contributed by atoms with Crippen LogP contribution in [0.1, 0.15) is 38.3 Å². The van der Waals surface area contributed by atoms with Crippen molar-refractivity contribution in [2.45, 2.75) is 39.0 Å². The molecule has 0 bridgehead atoms. The van der Waals surface area contributed by atoms with Gasteiger partial charge in [-0.1, -0.05) is 19.8 Å². The minimum atomic E-state index is 0.315. The maximum atomic E-state index is 8.65. The Labute approximate surface area is 97.7 Å². The van der Waals surface area contributed by atoms with Gasteiger partial charge in [-0.2, -0.15) is 5.10 Å². The molecule has 0 aliphatic rings. The monoisotopic (exact) mass is 225 g/mol. The Bertz CT molecular complexity index is 296. The molecule has 0 aromatic carbocycles. The highest BCUT2D eigenvalue weighted by molar-refractivity contribution is 5.46. The minimum absolute atomic E-state index is 0.315. The zero-order chi connectivity index (χ0) is 11.8. The van der Waals surface area contributed by atoms with Crippen LogP contribution >= 0.6 is 0 Å². The average Bonchev–Trinajstić information content (AvgIpc) is 2.64. The number of rotatable bonds is 8. The van der Waals surface area contributed by atoms with Gasteiger partial charge >= 0.3 is 0 Å². The number of aliphatic hydroxyl groups excluding tert-OH is 1. The first-order chi connectivity index (χ1) is 7.77. The van der Waals surface area contributed by atoms with Crippen LogP contribution in [0, 0.1) is 0 Å². The molecule has 4 nitrogen and oxygen atoms in total. The minimum Gasteiger partial charge on any atom is -0.396 e. The van der Waals surface area contributed by atoms with Gasteiger partial charge < -0.3 is 10.4 Å². The van der Waals surface area contributed by atoms with Gasteiger partial charge in [0.2, 0.25) is 0 Å². The molecule has 1 aromatic heterocycles. The number of hydrogen-bond acceptors (Lipinski definition) is 3. The molecule has 1 rings (SSSR count). The van der Waals surface area contributed by atoms with E-state index >= 15 is 0 Å². The summed E-state index contributed by atoms with van der Waals surface area (Å²) < 4.78 is 1.85. The third kappa shape index (κ3) is 4.23. The molecule has 4 heteroatoms. The molecule has 16 heavy (non-hydrogen) atoms. The molecule has 0 fully saturated rings. The first-order valence-electron chi connectivity index (χ1n) is 6.15. The molecule has 0 unspecified atom stereocenters. The highest BCUT2D eigenvalue weighted by Crippen LogP contribution is 2.13. The summed E-state index contributed by atoms with van der Waals surface area (Å²) in [6, 6.07) is 0. The standard InChI is InChI=1S/C12H23N3O/c1-3-11-12(10-15(2)14-11)13-8-6-4-5-7-9-16/h10,13,16H,3-9H2,1-2H3. The van der Waals surface area contributed by atoms with Gasteiger partial charge in [0, 0.05) is 26.4 Å². The predicted octanol–water partition coefficient (Wildman–Crippen LogP) is 1.95. The van der Waals surface area contributed by atoms with Crippen LogP contribution in [0.3, 0.4) is 0 Å². The second kappa shape index (κ2) is 7.28. The maximum Gasteiger partial charge on any atom is 0.0853 e. The van der Waals surface area contributed by atoms with Crippen molar-refractivity contribution in [2.75, 3.05) is 18.5 Å². The molecule has 0 atom stereocenters. The number of anilines is 1. The number of nitrogens with zero attached hydrogens (tertiary/aromatic N) is 2. The number of aryl methyl sites for hydroxylation is 2. The molecule has 92 valence electrons. The zero-order valence-corrected chi connectivity index (χ0v) is 10.4. The number of aromatic nitrogens is 2. The predicted molar refractivity (Wildman–Crippen MR) is 66.6 cm³/mol. The van der Waals surface area contributed by atoms with E-state index in [1.54, 1.807) is 0 Å². The van der Waals surface area contributed by atoms with E-state index in [1.807, 2.05) is 17.9 Å². The second-order valence-electron chi connectivity index (χ2n) is 4.08. The quantitative estimate of drug-likeness (QED) is 0.665. The lowest BCUT2D eigenvalue weighted by molar-refractivity contribution is 0.283. The van der Waals surface area contributed by atoms with Gasteiger partial charge in [0.05, 0.1) is 11.4 Å². The van der Waals surface area contributed by atoms with E-state index in [0.717, 1.165) is 43.6 Å². The van der Waals surface area contributed by atoms with Crippen molar-refractivity contribution < 1.29 is 5.11 Å². The molecular weight excluding hydrogens is 202 g/mol. The molecule has 0 saturated carbocycles. The summed E-state index contributed by atoms with van der Waals surface area (Å²) in [4.78, 5) is 0. The highest BCUT2D eigenvalue weighted by atomic mass is 16.2. The summed E-state index contributed by atoms with van der Waals surface area (Å²) in [6.45, 7) is 3.43. The summed E-state index contributed by atoms with van der Waals surface area (Å²) in [5.41, 5.74) is 2.30. The Kier molecular flexibility index (Phi) is 5.93. The van der Waals surface area contributed by atoms with Crippen molar-refractivity contribution in [2.24, 2.45) is 7.05 Å². The third-order valence-corrected chi connectivity index (χ3v) is 2.64. The largest absolute Gasteiger partial charge is 0.396 e. The Morgan fingerprint density at radius 1 is 1.31 bits per heavy atom. The van der Waals surface area contributed by atoms with Gasteiger partial charge in [-0.3, -0.25) is 4.68 Å². The Morgan fingerprint density at radius 2 is 2.06 bits per heavy atom. The average molecular weight is 225 g/mol. The fourth-order valence-electron chi connectivity index (χ4n) is 1.76. The summed E-state index contributed by atoms with van der Waals surface area (Å²) in [7, 11) is 1.95. The van der Waals surface area contributed by atoms with Crippen LogP contribution in [0.2, 0.25) is 0 Å². The van der Waals surface area contributed by atoms with E-state index in [9.17, 15) is 0 Å². The number of hydrogen-bond donors (Lipinski definition) is 2. The Balaban J connectivity index is 2.21. The van der Waals surface area contributed by atoms with Crippen molar-refractivity contribution in [3.8, 4) is 0 Å². The molecule has 2 N–H and O–H groups in total. The smallest absolute Gasteiger partial charge is 0.0853 e. The lowest BCUT2D eigenvalue weighted by atomic mass is 10.2. The van der Waals surface area contributed by atoms with Crippen molar-refractivity contribution in [3.63, 3.8) is 0 Å². The highest BCUT2D eigenvalue weighted by Gasteiger charge is 2.03. The zero-order valence-electron chi connectivity index (χ0n) is 10.4. The maximum absolute atomic E-state index is 8.65. The van der Waals surface area contributed by atoms with E-state index in [1.165, 1.54) is 6.42 Å². The van der Waals surface area contributed by atoms with E-state index < -0.39 is 0 Å². The van der Waals surface area contributed by atoms with Gasteiger partial charge in [-0.05, 0) is 19.3 Å². The summed E-state index contributed by atoms with van der Waals surface area (Å²) >= 11 is 0. The van der Waals surface area contributed by atoms with Gasteiger partial charge in [0.25, 0.3) is 0 Å². The Morgan fingerprint density at radius 3 is 2.75 bits per heavy atom. The first kappa shape index (κ1) is 13.0. The van der Waals surface area contributed by atoms with Crippen LogP contribution in [0.4, 0.5) is 5.69 Å². The fraction of sp³-hybridized carbons (Fsp3) is 0.750. The molecule has 0 radical (unpaired) electrons. The molecule has 0 aliphatic carbocycles. The van der Waals surface area contributed by atoms with Gasteiger partial charge in [0.1, 0.15) is 0 Å². The normalized spacial score (nSPS) is 10.7. The third-order valence-electron chi connectivity index (χ3n) is 2.64. The fourth-order valence-corrected chi connectivity index (χ4v) is 1.76. The van der Waals surface area contributed by atoms with E-state index in [4.69, 9.17) is 5.11 Å². The number of nitrogens with one attached hydrogen (secondary N) is 1. The number of unbranched alkanes of at least 4 members (excludes halogenated alkanes) is 3. The molecular formula is C12H23N3O. The van der Waals surface area contributed by atoms with Crippen molar-refractivity contribution in [3.05, 3.63) is 11.9 Å². The summed E-state index contributed by atoms with van der Waals surface area (Å²) in [5.74, 6) is 0. The van der Waals surface area contributed by atoms with E-state index in [0.29, 0.717) is 6.61 Å². The SMILES string of the molecule is CCc1nn(C)cc1NCCCCCCO. The summed E-state index contributed by atoms with van der Waals surface area (Å²) in [5, 5.41) is 16.4. The molecule has 0 saturated heterocycles. The van der Waals surface area contributed by atoms with Crippen molar-refractivity contribution >= 4 is 5.69 Å². The van der Waals surface area contributed by atoms with Crippen LogP contribution < -0.4 is 5.32 Å². The second-order valence-corrected chi connectivity index (χ2v) is 4.08. The molecule has 0 amide bonds. The lowest BCUT2D eigenvalue weighted by Crippen LogP contribution is -2.02. The van der Waals surface area contributed by atoms with Crippen LogP contribution in [-0.2, 0) is 13.5 Å². The number of aliphatic hydroxyl groups is 1. The van der Waals surface area contributed by atoms with Crippen LogP contribution in [0.15, 0.2) is 6.20 Å². The van der Waals surface area contributed by atoms with E-state index in [-0.39, 0.29) is 0 Å². The molecule has 0 spiro atoms. The first-order valence-corrected chi connectivity index (χ1v) is 6.15. The van der Waals surface area contributed by atoms with Gasteiger partial charge in [-0.15, -0.1) is 0 Å². The molecule has 1 aromatic rings. The topological polar surface area (TPSA) is 50.1 Å². The molecule has 1 heterocycles. The molecule has 0 aliphatic heterocycles. The van der Waals surface area contributed by atoms with E-state index in [2.05, 4.69) is 17.3 Å². The van der Waals surface area contributed by atoms with Crippen LogP contribution in [0.25, 0.3) is 0 Å². The van der Waals surface area contributed by atoms with Crippen LogP contribution in [-0.4, -0.2) is 28.0 Å². The Hall–Kier alpha value is -1.03. The lowest BCUT2D eigenvalue weighted by Gasteiger charge is -2.04. The van der Waals surface area contributed by atoms with Gasteiger partial charge in [0.15, 0.2) is 0 Å². The summed E-state index contributed by atoms with van der Waals surface area (Å²) in [6.07, 6.45) is 7.37. The van der Waals surface area contributed by atoms with Crippen molar-refractivity contribution in [1.29, 1.82) is 0 Å². The van der Waals surface area contributed by atoms with Crippen LogP contribution in [0.5, 0.6) is 0 Å². The van der Waals surface area contributed by atoms with Crippen molar-refractivity contribution in [1.82, 2.24) is 9.78 Å². The van der Waals surface area contributed by atoms with Gasteiger partial charge in [-0.25, -0.2) is 0 Å².